The first-order valence-corrected chi connectivity index (χ1v) is 5.39. The first-order valence-electron chi connectivity index (χ1n) is 4.85. The summed E-state index contributed by atoms with van der Waals surface area (Å²) in [5.41, 5.74) is 0.0145. The molecule has 0 bridgehead atoms. The Morgan fingerprint density at radius 3 is 2.60 bits per heavy atom. The Bertz CT molecular complexity index is 336. The van der Waals surface area contributed by atoms with E-state index in [0.29, 0.717) is 12.5 Å². The van der Waals surface area contributed by atoms with Crippen molar-refractivity contribution in [3.05, 3.63) is 35.4 Å². The van der Waals surface area contributed by atoms with Crippen LogP contribution in [0.15, 0.2) is 18.2 Å². The summed E-state index contributed by atoms with van der Waals surface area (Å²) in [6, 6.07) is 3.83. The third-order valence-electron chi connectivity index (χ3n) is 2.70. The SMILES string of the molecule is Fc1cccc(F)c1C1OCCC1CCl. The smallest absolute Gasteiger partial charge is 0.131 e. The van der Waals surface area contributed by atoms with Gasteiger partial charge in [0, 0.05) is 18.4 Å². The van der Waals surface area contributed by atoms with Crippen molar-refractivity contribution in [1.82, 2.24) is 0 Å². The van der Waals surface area contributed by atoms with Crippen LogP contribution in [0.2, 0.25) is 0 Å². The molecule has 0 amide bonds. The lowest BCUT2D eigenvalue weighted by atomic mass is 9.96. The molecule has 1 aromatic rings. The molecule has 1 aliphatic heterocycles. The van der Waals surface area contributed by atoms with Gasteiger partial charge >= 0.3 is 0 Å². The van der Waals surface area contributed by atoms with E-state index in [9.17, 15) is 8.78 Å². The van der Waals surface area contributed by atoms with Crippen molar-refractivity contribution < 1.29 is 13.5 Å². The highest BCUT2D eigenvalue weighted by molar-refractivity contribution is 6.18. The summed E-state index contributed by atoms with van der Waals surface area (Å²) >= 11 is 5.73. The molecular weight excluding hydrogens is 222 g/mol. The maximum atomic E-state index is 13.4. The van der Waals surface area contributed by atoms with Gasteiger partial charge in [-0.2, -0.15) is 0 Å². The lowest BCUT2D eigenvalue weighted by Crippen LogP contribution is -2.12. The highest BCUT2D eigenvalue weighted by Crippen LogP contribution is 2.37. The zero-order chi connectivity index (χ0) is 10.8. The molecule has 0 N–H and O–H groups in total. The van der Waals surface area contributed by atoms with Gasteiger partial charge in [0.05, 0.1) is 11.7 Å². The normalized spacial score (nSPS) is 25.8. The number of ether oxygens (including phenoxy) is 1. The second-order valence-corrected chi connectivity index (χ2v) is 3.94. The molecule has 2 unspecified atom stereocenters. The van der Waals surface area contributed by atoms with Crippen LogP contribution in [0.1, 0.15) is 18.1 Å². The van der Waals surface area contributed by atoms with E-state index in [1.807, 2.05) is 0 Å². The van der Waals surface area contributed by atoms with Gasteiger partial charge in [0.15, 0.2) is 0 Å². The molecule has 1 nitrogen and oxygen atoms in total. The summed E-state index contributed by atoms with van der Waals surface area (Å²) < 4.78 is 32.2. The topological polar surface area (TPSA) is 9.23 Å². The third-order valence-corrected chi connectivity index (χ3v) is 3.09. The quantitative estimate of drug-likeness (QED) is 0.711. The number of hydrogen-bond acceptors (Lipinski definition) is 1. The highest BCUT2D eigenvalue weighted by Gasteiger charge is 2.32. The molecule has 0 spiro atoms. The first kappa shape index (κ1) is 10.8. The number of rotatable bonds is 2. The van der Waals surface area contributed by atoms with Gasteiger partial charge in [0.2, 0.25) is 0 Å². The van der Waals surface area contributed by atoms with Gasteiger partial charge in [-0.3, -0.25) is 0 Å². The molecule has 2 atom stereocenters. The van der Waals surface area contributed by atoms with Gasteiger partial charge in [-0.1, -0.05) is 6.07 Å². The van der Waals surface area contributed by atoms with Crippen molar-refractivity contribution in [2.24, 2.45) is 5.92 Å². The van der Waals surface area contributed by atoms with Crippen molar-refractivity contribution in [1.29, 1.82) is 0 Å². The van der Waals surface area contributed by atoms with Crippen molar-refractivity contribution in [2.75, 3.05) is 12.5 Å². The van der Waals surface area contributed by atoms with Crippen LogP contribution in [0.5, 0.6) is 0 Å². The number of benzene rings is 1. The Hall–Kier alpha value is -0.670. The predicted molar refractivity (Wildman–Crippen MR) is 53.9 cm³/mol. The van der Waals surface area contributed by atoms with Gasteiger partial charge < -0.3 is 4.74 Å². The molecule has 4 heteroatoms. The Labute approximate surface area is 92.0 Å². The summed E-state index contributed by atoms with van der Waals surface area (Å²) in [6.45, 7) is 0.510. The van der Waals surface area contributed by atoms with Crippen molar-refractivity contribution in [3.63, 3.8) is 0 Å². The molecule has 0 aromatic heterocycles. The van der Waals surface area contributed by atoms with E-state index in [4.69, 9.17) is 16.3 Å². The van der Waals surface area contributed by atoms with E-state index < -0.39 is 17.7 Å². The average molecular weight is 233 g/mol. The van der Waals surface area contributed by atoms with Gasteiger partial charge in [-0.15, -0.1) is 11.6 Å². The van der Waals surface area contributed by atoms with Crippen LogP contribution in [-0.4, -0.2) is 12.5 Å². The maximum absolute atomic E-state index is 13.4. The van der Waals surface area contributed by atoms with E-state index in [1.165, 1.54) is 18.2 Å². The van der Waals surface area contributed by atoms with Crippen LogP contribution >= 0.6 is 11.6 Å². The molecule has 0 saturated carbocycles. The van der Waals surface area contributed by atoms with E-state index in [0.717, 1.165) is 6.42 Å². The Balaban J connectivity index is 2.36. The van der Waals surface area contributed by atoms with Gasteiger partial charge in [-0.25, -0.2) is 8.78 Å². The fraction of sp³-hybridized carbons (Fsp3) is 0.455. The lowest BCUT2D eigenvalue weighted by molar-refractivity contribution is 0.0888. The summed E-state index contributed by atoms with van der Waals surface area (Å²) in [5, 5.41) is 0. The van der Waals surface area contributed by atoms with E-state index in [1.54, 1.807) is 0 Å². The summed E-state index contributed by atoms with van der Waals surface area (Å²) in [6.07, 6.45) is 0.214. The number of halogens is 3. The molecule has 82 valence electrons. The standard InChI is InChI=1S/C11H11ClF2O/c12-6-7-4-5-15-11(7)10-8(13)2-1-3-9(10)14/h1-3,7,11H,4-6H2. The van der Waals surface area contributed by atoms with Gasteiger partial charge in [0.1, 0.15) is 11.6 Å². The molecule has 0 radical (unpaired) electrons. The maximum Gasteiger partial charge on any atom is 0.131 e. The predicted octanol–water partition coefficient (Wildman–Crippen LogP) is 3.28. The average Bonchev–Trinajstić information content (AvgIpc) is 2.65. The Morgan fingerprint density at radius 2 is 2.00 bits per heavy atom. The van der Waals surface area contributed by atoms with Crippen molar-refractivity contribution in [3.8, 4) is 0 Å². The summed E-state index contributed by atoms with van der Waals surface area (Å²) in [5.74, 6) is -0.759. The first-order chi connectivity index (χ1) is 7.24. The summed E-state index contributed by atoms with van der Waals surface area (Å²) in [4.78, 5) is 0. The van der Waals surface area contributed by atoms with Crippen LogP contribution in [0.3, 0.4) is 0 Å². The zero-order valence-electron chi connectivity index (χ0n) is 8.05. The van der Waals surface area contributed by atoms with E-state index in [-0.39, 0.29) is 11.5 Å². The molecule has 1 aromatic carbocycles. The molecule has 0 aliphatic carbocycles. The fourth-order valence-electron chi connectivity index (χ4n) is 1.89. The van der Waals surface area contributed by atoms with Crippen molar-refractivity contribution in [2.45, 2.75) is 12.5 Å². The van der Waals surface area contributed by atoms with E-state index in [2.05, 4.69) is 0 Å². The molecule has 15 heavy (non-hydrogen) atoms. The van der Waals surface area contributed by atoms with Crippen LogP contribution in [0, 0.1) is 17.6 Å². The van der Waals surface area contributed by atoms with Gasteiger partial charge in [-0.05, 0) is 18.6 Å². The Kier molecular flexibility index (Phi) is 3.22. The second-order valence-electron chi connectivity index (χ2n) is 3.63. The molecule has 2 rings (SSSR count). The molecule has 1 aliphatic rings. The van der Waals surface area contributed by atoms with Crippen LogP contribution < -0.4 is 0 Å². The Morgan fingerprint density at radius 1 is 1.33 bits per heavy atom. The van der Waals surface area contributed by atoms with Crippen LogP contribution in [0.4, 0.5) is 8.78 Å². The second kappa shape index (κ2) is 4.45. The van der Waals surface area contributed by atoms with Gasteiger partial charge in [0.25, 0.3) is 0 Å². The van der Waals surface area contributed by atoms with E-state index >= 15 is 0 Å². The zero-order valence-corrected chi connectivity index (χ0v) is 8.81. The minimum Gasteiger partial charge on any atom is -0.373 e. The van der Waals surface area contributed by atoms with Crippen LogP contribution in [-0.2, 0) is 4.74 Å². The summed E-state index contributed by atoms with van der Waals surface area (Å²) in [7, 11) is 0. The molecular formula is C11H11ClF2O. The molecule has 1 heterocycles. The monoisotopic (exact) mass is 232 g/mol. The minimum atomic E-state index is -0.558. The largest absolute Gasteiger partial charge is 0.373 e. The molecule has 1 fully saturated rings. The number of alkyl halides is 1. The minimum absolute atomic E-state index is 0.00179. The molecule has 1 saturated heterocycles. The highest BCUT2D eigenvalue weighted by atomic mass is 35.5. The third kappa shape index (κ3) is 1.99. The van der Waals surface area contributed by atoms with Crippen molar-refractivity contribution >= 4 is 11.6 Å². The fourth-order valence-corrected chi connectivity index (χ4v) is 2.21. The lowest BCUT2D eigenvalue weighted by Gasteiger charge is -2.17. The number of hydrogen-bond donors (Lipinski definition) is 0. The van der Waals surface area contributed by atoms with Crippen LogP contribution in [0.25, 0.3) is 0 Å².